The molecule has 196 valence electrons. The molecule has 4 atom stereocenters. The summed E-state index contributed by atoms with van der Waals surface area (Å²) in [5.74, 6) is -3.60. The highest BCUT2D eigenvalue weighted by molar-refractivity contribution is 7.49. The zero-order valence-corrected chi connectivity index (χ0v) is 21.2. The van der Waals surface area contributed by atoms with Gasteiger partial charge >= 0.3 is 19.8 Å². The summed E-state index contributed by atoms with van der Waals surface area (Å²) in [6.45, 7) is 3.55. The molecule has 0 bridgehead atoms. The van der Waals surface area contributed by atoms with Gasteiger partial charge < -0.3 is 28.2 Å². The molecule has 2 aliphatic heterocycles. The van der Waals surface area contributed by atoms with Gasteiger partial charge in [-0.25, -0.2) is 4.79 Å². The monoisotopic (exact) mass is 531 g/mol. The number of β-lactam (4-membered cyclic amide) rings is 1. The van der Waals surface area contributed by atoms with Gasteiger partial charge in [-0.2, -0.15) is 4.57 Å². The van der Waals surface area contributed by atoms with Gasteiger partial charge in [0.25, 0.3) is 0 Å². The van der Waals surface area contributed by atoms with Gasteiger partial charge in [-0.05, 0) is 31.2 Å². The maximum atomic E-state index is 14.0. The Morgan fingerprint density at radius 1 is 0.973 bits per heavy atom. The van der Waals surface area contributed by atoms with Crippen molar-refractivity contribution in [1.29, 1.82) is 0 Å². The van der Waals surface area contributed by atoms with Gasteiger partial charge in [0.1, 0.15) is 17.3 Å². The number of hydrogen-bond donors (Lipinski definition) is 1. The minimum Gasteiger partial charge on any atom is -0.428 e. The fourth-order valence-corrected chi connectivity index (χ4v) is 5.63. The molecule has 2 aliphatic rings. The number of amides is 1. The number of ether oxygens (including phenoxy) is 2. The number of esters is 2. The van der Waals surface area contributed by atoms with Crippen molar-refractivity contribution >= 4 is 25.7 Å². The van der Waals surface area contributed by atoms with E-state index >= 15 is 0 Å². The van der Waals surface area contributed by atoms with E-state index < -0.39 is 56.4 Å². The Kier molecular flexibility index (Phi) is 7.56. The van der Waals surface area contributed by atoms with Gasteiger partial charge in [0.05, 0.1) is 18.1 Å². The number of para-hydroxylation sites is 2. The molecule has 0 radical (unpaired) electrons. The van der Waals surface area contributed by atoms with Crippen molar-refractivity contribution in [2.75, 3.05) is 6.79 Å². The predicted octanol–water partition coefficient (Wildman–Crippen LogP) is 3.40. The smallest absolute Gasteiger partial charge is 0.428 e. The SMILES string of the molecule is CC(=O)OCOC(=O)C1=C(OP(=O)(Oc2ccccc2)Oc2ccccc2)[C@H](C)[C@@H]2[C@@H]([C@@H](C)O)C(=O)N12. The Bertz CT molecular complexity index is 1200. The largest absolute Gasteiger partial charge is 0.646 e. The molecule has 0 saturated carbocycles. The number of carbonyl (C=O) groups excluding carboxylic acids is 3. The molecule has 0 spiro atoms. The molecule has 2 aromatic carbocycles. The maximum Gasteiger partial charge on any atom is 0.646 e. The average Bonchev–Trinajstić information content (AvgIpc) is 3.07. The lowest BCUT2D eigenvalue weighted by Gasteiger charge is -2.46. The summed E-state index contributed by atoms with van der Waals surface area (Å²) in [5, 5.41) is 10.2. The second-order valence-electron chi connectivity index (χ2n) is 8.50. The van der Waals surface area contributed by atoms with E-state index in [1.807, 2.05) is 0 Å². The Labute approximate surface area is 213 Å². The van der Waals surface area contributed by atoms with Crippen LogP contribution in [0.5, 0.6) is 11.5 Å². The molecule has 1 saturated heterocycles. The van der Waals surface area contributed by atoms with Crippen LogP contribution in [-0.4, -0.2) is 46.8 Å². The number of aliphatic hydroxyl groups is 1. The van der Waals surface area contributed by atoms with E-state index in [1.165, 1.54) is 6.92 Å². The summed E-state index contributed by atoms with van der Waals surface area (Å²) in [4.78, 5) is 38.1. The number of rotatable bonds is 10. The van der Waals surface area contributed by atoms with Gasteiger partial charge in [-0.15, -0.1) is 0 Å². The predicted molar refractivity (Wildman–Crippen MR) is 128 cm³/mol. The molecule has 1 fully saturated rings. The van der Waals surface area contributed by atoms with Gasteiger partial charge in [-0.1, -0.05) is 43.3 Å². The van der Waals surface area contributed by atoms with Gasteiger partial charge in [0, 0.05) is 12.8 Å². The first kappa shape index (κ1) is 26.2. The van der Waals surface area contributed by atoms with Gasteiger partial charge in [0.15, 0.2) is 5.70 Å². The van der Waals surface area contributed by atoms with Crippen LogP contribution in [0.2, 0.25) is 0 Å². The molecule has 12 heteroatoms. The zero-order chi connectivity index (χ0) is 26.7. The van der Waals surface area contributed by atoms with Crippen LogP contribution in [-0.2, 0) is 32.9 Å². The van der Waals surface area contributed by atoms with E-state index in [1.54, 1.807) is 67.6 Å². The van der Waals surface area contributed by atoms with E-state index in [9.17, 15) is 24.1 Å². The quantitative estimate of drug-likeness (QED) is 0.210. The number of phosphoric ester groups is 1. The second-order valence-corrected chi connectivity index (χ2v) is 9.94. The first-order chi connectivity index (χ1) is 17.6. The van der Waals surface area contributed by atoms with E-state index in [2.05, 4.69) is 4.74 Å². The average molecular weight is 531 g/mol. The van der Waals surface area contributed by atoms with Crippen LogP contribution in [0.3, 0.4) is 0 Å². The lowest BCUT2D eigenvalue weighted by Crippen LogP contribution is -2.63. The molecule has 1 N–H and O–H groups in total. The number of aliphatic hydroxyl groups excluding tert-OH is 1. The highest BCUT2D eigenvalue weighted by Crippen LogP contribution is 2.57. The summed E-state index contributed by atoms with van der Waals surface area (Å²) >= 11 is 0. The zero-order valence-electron chi connectivity index (χ0n) is 20.3. The van der Waals surface area contributed by atoms with Crippen molar-refractivity contribution in [3.8, 4) is 11.5 Å². The van der Waals surface area contributed by atoms with Crippen molar-refractivity contribution in [2.24, 2.45) is 11.8 Å². The van der Waals surface area contributed by atoms with Crippen molar-refractivity contribution < 1.29 is 47.1 Å². The van der Waals surface area contributed by atoms with Crippen LogP contribution in [0.25, 0.3) is 0 Å². The lowest BCUT2D eigenvalue weighted by molar-refractivity contribution is -0.171. The number of phosphoric acid groups is 1. The number of carbonyl (C=O) groups is 3. The van der Waals surface area contributed by atoms with E-state index in [0.29, 0.717) is 0 Å². The molecule has 37 heavy (non-hydrogen) atoms. The van der Waals surface area contributed by atoms with Crippen molar-refractivity contribution in [3.63, 3.8) is 0 Å². The van der Waals surface area contributed by atoms with Crippen molar-refractivity contribution in [2.45, 2.75) is 32.9 Å². The summed E-state index contributed by atoms with van der Waals surface area (Å²) < 4.78 is 40.8. The van der Waals surface area contributed by atoms with Crippen LogP contribution in [0, 0.1) is 11.8 Å². The summed E-state index contributed by atoms with van der Waals surface area (Å²) in [6, 6.07) is 15.6. The molecular weight excluding hydrogens is 505 g/mol. The molecule has 0 unspecified atom stereocenters. The minimum atomic E-state index is -4.51. The fourth-order valence-electron chi connectivity index (χ4n) is 4.26. The topological polar surface area (TPSA) is 138 Å². The summed E-state index contributed by atoms with van der Waals surface area (Å²) in [6.07, 6.45) is -1.01. The third-order valence-corrected chi connectivity index (χ3v) is 7.17. The molecular formula is C25H26NO10P. The molecule has 4 rings (SSSR count). The Morgan fingerprint density at radius 3 is 2.00 bits per heavy atom. The highest BCUT2D eigenvalue weighted by atomic mass is 31.2. The number of hydrogen-bond acceptors (Lipinski definition) is 10. The third-order valence-electron chi connectivity index (χ3n) is 5.89. The first-order valence-corrected chi connectivity index (χ1v) is 12.9. The van der Waals surface area contributed by atoms with Gasteiger partial charge in [0.2, 0.25) is 12.7 Å². The molecule has 1 amide bonds. The number of nitrogens with zero attached hydrogens (tertiary/aromatic N) is 1. The maximum absolute atomic E-state index is 14.0. The Balaban J connectivity index is 1.71. The Hall–Kier alpha value is -3.82. The number of fused-ring (bicyclic) bond motifs is 1. The first-order valence-electron chi connectivity index (χ1n) is 11.5. The molecule has 11 nitrogen and oxygen atoms in total. The normalized spacial score (nSPS) is 21.5. The standard InChI is InChI=1S/C25H26NO10P/c1-15-21-20(16(2)27)24(29)26(21)22(25(30)33-14-32-17(3)28)23(15)36-37(31,34-18-10-6-4-7-11-18)35-19-12-8-5-9-13-19/h4-13,15-16,20-21,27H,14H2,1-3H3/t15-,16-,20-,21-/m1/s1. The van der Waals surface area contributed by atoms with E-state index in [4.69, 9.17) is 18.3 Å². The van der Waals surface area contributed by atoms with Crippen molar-refractivity contribution in [3.05, 3.63) is 72.1 Å². The molecule has 2 aromatic rings. The van der Waals surface area contributed by atoms with E-state index in [0.717, 1.165) is 11.8 Å². The summed E-state index contributed by atoms with van der Waals surface area (Å²) in [7, 11) is -4.51. The van der Waals surface area contributed by atoms with Crippen LogP contribution in [0.15, 0.2) is 72.1 Å². The van der Waals surface area contributed by atoms with Gasteiger partial charge in [-0.3, -0.25) is 14.5 Å². The summed E-state index contributed by atoms with van der Waals surface area (Å²) in [5.41, 5.74) is -0.333. The van der Waals surface area contributed by atoms with Crippen molar-refractivity contribution in [1.82, 2.24) is 4.90 Å². The van der Waals surface area contributed by atoms with E-state index in [-0.39, 0.29) is 23.0 Å². The Morgan fingerprint density at radius 2 is 1.51 bits per heavy atom. The van der Waals surface area contributed by atoms with Crippen LogP contribution >= 0.6 is 7.82 Å². The number of benzene rings is 2. The van der Waals surface area contributed by atoms with Crippen LogP contribution in [0.1, 0.15) is 20.8 Å². The highest BCUT2D eigenvalue weighted by Gasteiger charge is 2.62. The molecule has 0 aliphatic carbocycles. The third kappa shape index (κ3) is 5.47. The van der Waals surface area contributed by atoms with Crippen LogP contribution < -0.4 is 9.05 Å². The fraction of sp³-hybridized carbons (Fsp3) is 0.320. The second kappa shape index (κ2) is 10.7. The lowest BCUT2D eigenvalue weighted by atomic mass is 9.79. The molecule has 2 heterocycles. The molecule has 0 aromatic heterocycles. The minimum absolute atomic E-state index is 0.174. The van der Waals surface area contributed by atoms with Crippen LogP contribution in [0.4, 0.5) is 0 Å².